The second kappa shape index (κ2) is 18.5. The third-order valence-corrected chi connectivity index (χ3v) is 11.0. The number of carbonyl (C=O) groups is 2. The third kappa shape index (κ3) is 9.82. The van der Waals surface area contributed by atoms with Crippen LogP contribution in [0.5, 0.6) is 0 Å². The maximum absolute atomic E-state index is 11.7. The Bertz CT molecular complexity index is 2430. The molecular weight excluding hydrogens is 791 g/mol. The molecular formula is C42H48BClN8O8. The average molecular weight is 839 g/mol. The smallest absolute Gasteiger partial charge is 0.465 e. The molecule has 3 aliphatic rings. The Hall–Kier alpha value is -5.33. The van der Waals surface area contributed by atoms with Gasteiger partial charge in [0, 0.05) is 55.2 Å². The summed E-state index contributed by atoms with van der Waals surface area (Å²) in [5, 5.41) is 9.20. The number of aromatic nitrogens is 8. The summed E-state index contributed by atoms with van der Waals surface area (Å²) in [7, 11) is 2.31. The van der Waals surface area contributed by atoms with Gasteiger partial charge in [0.25, 0.3) is 0 Å². The summed E-state index contributed by atoms with van der Waals surface area (Å²) >= 11 is 5.73. The fourth-order valence-corrected chi connectivity index (χ4v) is 6.87. The van der Waals surface area contributed by atoms with Gasteiger partial charge in [0.2, 0.25) is 0 Å². The first kappa shape index (κ1) is 42.8. The summed E-state index contributed by atoms with van der Waals surface area (Å²) in [5.74, 6) is -0.866. The number of pyridine rings is 4. The van der Waals surface area contributed by atoms with Crippen LogP contribution < -0.4 is 5.46 Å². The number of hydrogen-bond donors (Lipinski definition) is 0. The number of fused-ring (bicyclic) bond motifs is 2. The van der Waals surface area contributed by atoms with Crippen LogP contribution >= 0.6 is 11.6 Å². The van der Waals surface area contributed by atoms with Crippen molar-refractivity contribution in [2.75, 3.05) is 27.4 Å². The van der Waals surface area contributed by atoms with Crippen LogP contribution in [0, 0.1) is 0 Å². The summed E-state index contributed by atoms with van der Waals surface area (Å²) in [6, 6.07) is 10.5. The van der Waals surface area contributed by atoms with Gasteiger partial charge in [0.15, 0.2) is 0 Å². The number of ether oxygens (including phenoxy) is 4. The largest absolute Gasteiger partial charge is 0.498 e. The van der Waals surface area contributed by atoms with Crippen LogP contribution in [-0.2, 0) is 28.3 Å². The molecule has 3 saturated heterocycles. The van der Waals surface area contributed by atoms with Gasteiger partial charge in [-0.25, -0.2) is 28.9 Å². The number of esters is 2. The topological polar surface area (TPSA) is 177 Å². The molecule has 0 amide bonds. The molecule has 2 atom stereocenters. The van der Waals surface area contributed by atoms with Crippen LogP contribution in [-0.4, -0.2) is 97.2 Å². The number of nitrogens with zero attached hydrogens (tertiary/aromatic N) is 8. The molecule has 60 heavy (non-hydrogen) atoms. The van der Waals surface area contributed by atoms with E-state index in [1.54, 1.807) is 30.5 Å². The Morgan fingerprint density at radius 1 is 0.700 bits per heavy atom. The maximum atomic E-state index is 11.7. The van der Waals surface area contributed by atoms with E-state index >= 15 is 0 Å². The van der Waals surface area contributed by atoms with Crippen LogP contribution in [0.1, 0.15) is 99.4 Å². The van der Waals surface area contributed by atoms with E-state index in [1.165, 1.54) is 33.0 Å². The zero-order valence-electron chi connectivity index (χ0n) is 34.5. The van der Waals surface area contributed by atoms with E-state index in [1.807, 2.05) is 40.1 Å². The minimum absolute atomic E-state index is 0.00412. The minimum Gasteiger partial charge on any atom is -0.465 e. The highest BCUT2D eigenvalue weighted by Gasteiger charge is 2.52. The van der Waals surface area contributed by atoms with Crippen molar-refractivity contribution in [3.05, 3.63) is 89.9 Å². The van der Waals surface area contributed by atoms with Gasteiger partial charge in [-0.1, -0.05) is 11.6 Å². The first-order chi connectivity index (χ1) is 28.8. The molecule has 2 unspecified atom stereocenters. The van der Waals surface area contributed by atoms with Crippen molar-refractivity contribution in [1.82, 2.24) is 39.5 Å². The zero-order chi connectivity index (χ0) is 42.4. The number of hydrogen-bond acceptors (Lipinski definition) is 14. The predicted octanol–water partition coefficient (Wildman–Crippen LogP) is 6.93. The van der Waals surface area contributed by atoms with E-state index in [9.17, 15) is 9.59 Å². The SMILES string of the molecule is CC1(C)OB(c2cnn(C3CCCCO3)c2)OC1(C)C.COC(=O)c1cnc2ccc(-c3cnn(C4CCCCO4)c3)nc2c1.COC(=O)c1cnc2ccc(Cl)nc2c1. The Labute approximate surface area is 353 Å². The molecule has 16 nitrogen and oxygen atoms in total. The van der Waals surface area contributed by atoms with Crippen LogP contribution in [0.4, 0.5) is 0 Å². The van der Waals surface area contributed by atoms with E-state index in [2.05, 4.69) is 62.6 Å². The predicted molar refractivity (Wildman–Crippen MR) is 224 cm³/mol. The van der Waals surface area contributed by atoms with Gasteiger partial charge >= 0.3 is 19.1 Å². The van der Waals surface area contributed by atoms with Crippen molar-refractivity contribution in [3.63, 3.8) is 0 Å². The highest BCUT2D eigenvalue weighted by molar-refractivity contribution is 6.62. The summed E-state index contributed by atoms with van der Waals surface area (Å²) in [6.07, 6.45) is 17.1. The minimum atomic E-state index is -0.439. The van der Waals surface area contributed by atoms with Gasteiger partial charge < -0.3 is 28.3 Å². The number of methoxy groups -OCH3 is 2. The van der Waals surface area contributed by atoms with Crippen LogP contribution in [0.3, 0.4) is 0 Å². The standard InChI is InChI=1S/C18H18N4O3.C14H23BN2O3.C10H7ClN2O2/c1-24-18(23)12-8-16-15(19-9-12)6-5-14(21-16)13-10-20-22(11-13)17-4-2-3-7-25-17;1-13(2)14(3,4)20-15(19-13)11-9-16-17(10-11)12-7-5-6-8-18-12;1-15-10(14)6-4-8-7(12-5-6)2-3-9(11)13-8/h5-6,8-11,17H,2-4,7H2,1H3;9-10,12H,5-8H2,1-4H3;2-5H,1H3. The summed E-state index contributed by atoms with van der Waals surface area (Å²) in [4.78, 5) is 39.9. The average Bonchev–Trinajstić information content (AvgIpc) is 4.02. The summed E-state index contributed by atoms with van der Waals surface area (Å²) in [5.41, 5.74) is 5.36. The van der Waals surface area contributed by atoms with Crippen molar-refractivity contribution in [2.24, 2.45) is 0 Å². The van der Waals surface area contributed by atoms with E-state index in [0.717, 1.165) is 67.6 Å². The second-order valence-corrected chi connectivity index (χ2v) is 15.9. The lowest BCUT2D eigenvalue weighted by Crippen LogP contribution is -2.41. The van der Waals surface area contributed by atoms with E-state index < -0.39 is 11.9 Å². The van der Waals surface area contributed by atoms with Gasteiger partial charge in [0.1, 0.15) is 17.6 Å². The molecule has 18 heteroatoms. The molecule has 3 fully saturated rings. The molecule has 9 heterocycles. The molecule has 9 rings (SSSR count). The highest BCUT2D eigenvalue weighted by Crippen LogP contribution is 2.36. The van der Waals surface area contributed by atoms with Gasteiger partial charge in [-0.15, -0.1) is 0 Å². The molecule has 0 bridgehead atoms. The number of halogens is 1. The monoisotopic (exact) mass is 838 g/mol. The van der Waals surface area contributed by atoms with Crippen molar-refractivity contribution in [2.45, 2.75) is 89.9 Å². The van der Waals surface area contributed by atoms with E-state index in [0.29, 0.717) is 32.8 Å². The van der Waals surface area contributed by atoms with Crippen molar-refractivity contribution < 1.29 is 37.8 Å². The third-order valence-electron chi connectivity index (χ3n) is 10.8. The Balaban J connectivity index is 0.000000141. The first-order valence-corrected chi connectivity index (χ1v) is 20.2. The Morgan fingerprint density at radius 3 is 1.78 bits per heavy atom. The molecule has 6 aromatic rings. The lowest BCUT2D eigenvalue weighted by Gasteiger charge is -2.32. The zero-order valence-corrected chi connectivity index (χ0v) is 35.3. The molecule has 0 N–H and O–H groups in total. The molecule has 0 aromatic carbocycles. The fraction of sp³-hybridized carbons (Fsp3) is 0.429. The Morgan fingerprint density at radius 2 is 1.23 bits per heavy atom. The molecule has 0 saturated carbocycles. The van der Waals surface area contributed by atoms with Gasteiger partial charge in [-0.05, 0) is 103 Å². The molecule has 6 aromatic heterocycles. The second-order valence-electron chi connectivity index (χ2n) is 15.5. The van der Waals surface area contributed by atoms with E-state index in [4.69, 9.17) is 35.1 Å². The van der Waals surface area contributed by atoms with Crippen LogP contribution in [0.25, 0.3) is 33.3 Å². The summed E-state index contributed by atoms with van der Waals surface area (Å²) < 4.78 is 36.6. The van der Waals surface area contributed by atoms with E-state index in [-0.39, 0.29) is 30.8 Å². The lowest BCUT2D eigenvalue weighted by atomic mass is 9.82. The molecule has 0 spiro atoms. The fourth-order valence-electron chi connectivity index (χ4n) is 6.71. The van der Waals surface area contributed by atoms with Gasteiger partial charge in [0.05, 0.1) is 70.5 Å². The molecule has 314 valence electrons. The highest BCUT2D eigenvalue weighted by atomic mass is 35.5. The quantitative estimate of drug-likeness (QED) is 0.0958. The summed E-state index contributed by atoms with van der Waals surface area (Å²) in [6.45, 7) is 9.82. The number of rotatable bonds is 6. The van der Waals surface area contributed by atoms with Crippen molar-refractivity contribution in [1.29, 1.82) is 0 Å². The van der Waals surface area contributed by atoms with Crippen LogP contribution in [0.15, 0.2) is 73.6 Å². The molecule has 0 aliphatic carbocycles. The van der Waals surface area contributed by atoms with Crippen LogP contribution in [0.2, 0.25) is 5.15 Å². The van der Waals surface area contributed by atoms with Gasteiger partial charge in [-0.3, -0.25) is 9.97 Å². The van der Waals surface area contributed by atoms with Gasteiger partial charge in [-0.2, -0.15) is 10.2 Å². The maximum Gasteiger partial charge on any atom is 0.498 e. The van der Waals surface area contributed by atoms with Crippen molar-refractivity contribution >= 4 is 58.2 Å². The normalized spacial score (nSPS) is 19.5. The number of carbonyl (C=O) groups excluding carboxylic acids is 2. The lowest BCUT2D eigenvalue weighted by molar-refractivity contribution is -0.0395. The molecule has 0 radical (unpaired) electrons. The first-order valence-electron chi connectivity index (χ1n) is 19.9. The molecule has 3 aliphatic heterocycles. The Kier molecular flexibility index (Phi) is 13.2. The van der Waals surface area contributed by atoms with Crippen molar-refractivity contribution in [3.8, 4) is 11.3 Å².